The highest BCUT2D eigenvalue weighted by atomic mass is 19.3. The van der Waals surface area contributed by atoms with E-state index in [4.69, 9.17) is 4.74 Å². The standard InChI is InChI=1S/C17H24F2N2O3/c1-24-15-5-3-13(4-6-15)17(18,19)16(23)20-9-2-10-21-11-7-14(22)8-12-21/h3-6,14,22H,2,7-12H2,1H3,(H,20,23). The molecule has 0 spiro atoms. The summed E-state index contributed by atoms with van der Waals surface area (Å²) in [6, 6.07) is 5.19. The van der Waals surface area contributed by atoms with Crippen LogP contribution < -0.4 is 10.1 Å². The van der Waals surface area contributed by atoms with Gasteiger partial charge in [0.05, 0.1) is 13.2 Å². The minimum atomic E-state index is -3.57. The number of nitrogens with zero attached hydrogens (tertiary/aromatic N) is 1. The fourth-order valence-corrected chi connectivity index (χ4v) is 2.69. The summed E-state index contributed by atoms with van der Waals surface area (Å²) in [6.07, 6.45) is 1.84. The molecule has 1 fully saturated rings. The Labute approximate surface area is 140 Å². The number of alkyl halides is 2. The molecule has 5 nitrogen and oxygen atoms in total. The molecule has 2 rings (SSSR count). The Morgan fingerprint density at radius 2 is 1.96 bits per heavy atom. The van der Waals surface area contributed by atoms with Crippen molar-refractivity contribution in [1.82, 2.24) is 10.2 Å². The first kappa shape index (κ1) is 18.6. The normalized spacial score (nSPS) is 16.8. The van der Waals surface area contributed by atoms with Crippen LogP contribution in [0.4, 0.5) is 8.78 Å². The first-order valence-electron chi connectivity index (χ1n) is 8.14. The Bertz CT molecular complexity index is 529. The van der Waals surface area contributed by atoms with E-state index >= 15 is 0 Å². The zero-order valence-corrected chi connectivity index (χ0v) is 13.8. The Morgan fingerprint density at radius 1 is 1.33 bits per heavy atom. The maximum atomic E-state index is 14.1. The molecule has 2 N–H and O–H groups in total. The van der Waals surface area contributed by atoms with Gasteiger partial charge in [-0.3, -0.25) is 4.79 Å². The molecule has 0 aliphatic carbocycles. The number of methoxy groups -OCH3 is 1. The van der Waals surface area contributed by atoms with E-state index in [2.05, 4.69) is 10.2 Å². The van der Waals surface area contributed by atoms with E-state index in [1.165, 1.54) is 31.4 Å². The molecule has 134 valence electrons. The van der Waals surface area contributed by atoms with Crippen molar-refractivity contribution in [2.45, 2.75) is 31.3 Å². The minimum Gasteiger partial charge on any atom is -0.497 e. The first-order chi connectivity index (χ1) is 11.4. The number of carbonyl (C=O) groups excluding carboxylic acids is 1. The highest BCUT2D eigenvalue weighted by Gasteiger charge is 2.40. The van der Waals surface area contributed by atoms with Gasteiger partial charge in [-0.25, -0.2) is 0 Å². The van der Waals surface area contributed by atoms with Gasteiger partial charge in [-0.2, -0.15) is 8.78 Å². The van der Waals surface area contributed by atoms with Crippen molar-refractivity contribution in [2.24, 2.45) is 0 Å². The van der Waals surface area contributed by atoms with Crippen molar-refractivity contribution in [3.8, 4) is 5.75 Å². The molecular weight excluding hydrogens is 318 g/mol. The predicted octanol–water partition coefficient (Wildman–Crippen LogP) is 1.75. The van der Waals surface area contributed by atoms with E-state index in [0.717, 1.165) is 32.5 Å². The van der Waals surface area contributed by atoms with Crippen molar-refractivity contribution in [3.63, 3.8) is 0 Å². The second-order valence-electron chi connectivity index (χ2n) is 5.99. The summed E-state index contributed by atoms with van der Waals surface area (Å²) in [6.45, 7) is 2.53. The van der Waals surface area contributed by atoms with Crippen LogP contribution in [0, 0.1) is 0 Å². The Morgan fingerprint density at radius 3 is 2.54 bits per heavy atom. The molecule has 1 aliphatic rings. The molecule has 7 heteroatoms. The van der Waals surface area contributed by atoms with Crippen molar-refractivity contribution >= 4 is 5.91 Å². The molecule has 0 unspecified atom stereocenters. The fraction of sp³-hybridized carbons (Fsp3) is 0.588. The number of rotatable bonds is 7. The number of aliphatic hydroxyl groups is 1. The van der Waals surface area contributed by atoms with Crippen molar-refractivity contribution in [2.75, 3.05) is 33.3 Å². The molecule has 0 radical (unpaired) electrons. The lowest BCUT2D eigenvalue weighted by Gasteiger charge is -2.29. The Balaban J connectivity index is 1.76. The van der Waals surface area contributed by atoms with Crippen LogP contribution in [0.15, 0.2) is 24.3 Å². The number of hydrogen-bond acceptors (Lipinski definition) is 4. The van der Waals surface area contributed by atoms with E-state index in [-0.39, 0.29) is 18.2 Å². The molecule has 1 aliphatic heterocycles. The number of nitrogens with one attached hydrogen (secondary N) is 1. The van der Waals surface area contributed by atoms with Crippen LogP contribution in [-0.4, -0.2) is 55.3 Å². The smallest absolute Gasteiger partial charge is 0.349 e. The van der Waals surface area contributed by atoms with E-state index in [0.29, 0.717) is 12.2 Å². The summed E-state index contributed by atoms with van der Waals surface area (Å²) in [7, 11) is 1.45. The quantitative estimate of drug-likeness (QED) is 0.741. The number of aliphatic hydroxyl groups excluding tert-OH is 1. The molecule has 1 aromatic carbocycles. The van der Waals surface area contributed by atoms with Gasteiger partial charge in [-0.15, -0.1) is 0 Å². The number of amides is 1. The van der Waals surface area contributed by atoms with Crippen molar-refractivity contribution in [1.29, 1.82) is 0 Å². The van der Waals surface area contributed by atoms with Gasteiger partial charge in [-0.05, 0) is 50.1 Å². The van der Waals surface area contributed by atoms with E-state index in [1.807, 2.05) is 0 Å². The number of carbonyl (C=O) groups is 1. The SMILES string of the molecule is COc1ccc(C(F)(F)C(=O)NCCCN2CCC(O)CC2)cc1. The van der Waals surface area contributed by atoms with Crippen LogP contribution in [0.1, 0.15) is 24.8 Å². The van der Waals surface area contributed by atoms with Crippen LogP contribution >= 0.6 is 0 Å². The zero-order valence-electron chi connectivity index (χ0n) is 13.8. The molecule has 0 aromatic heterocycles. The second-order valence-corrected chi connectivity index (χ2v) is 5.99. The van der Waals surface area contributed by atoms with Gasteiger partial charge >= 0.3 is 5.92 Å². The molecule has 1 aromatic rings. The molecule has 0 saturated carbocycles. The third-order valence-corrected chi connectivity index (χ3v) is 4.23. The molecular formula is C17H24F2N2O3. The number of piperidine rings is 1. The van der Waals surface area contributed by atoms with Gasteiger partial charge in [0.2, 0.25) is 0 Å². The average Bonchev–Trinajstić information content (AvgIpc) is 2.60. The predicted molar refractivity (Wildman–Crippen MR) is 86.2 cm³/mol. The summed E-state index contributed by atoms with van der Waals surface area (Å²) in [5.74, 6) is -4.40. The van der Waals surface area contributed by atoms with Crippen LogP contribution in [-0.2, 0) is 10.7 Å². The largest absolute Gasteiger partial charge is 0.497 e. The molecule has 1 saturated heterocycles. The van der Waals surface area contributed by atoms with Gasteiger partial charge in [0, 0.05) is 25.2 Å². The van der Waals surface area contributed by atoms with E-state index in [1.54, 1.807) is 0 Å². The number of hydrogen-bond donors (Lipinski definition) is 2. The Kier molecular flexibility index (Phi) is 6.51. The fourth-order valence-electron chi connectivity index (χ4n) is 2.69. The lowest BCUT2D eigenvalue weighted by Crippen LogP contribution is -2.40. The maximum absolute atomic E-state index is 14.1. The van der Waals surface area contributed by atoms with E-state index in [9.17, 15) is 18.7 Å². The number of benzene rings is 1. The first-order valence-corrected chi connectivity index (χ1v) is 8.14. The van der Waals surface area contributed by atoms with Gasteiger partial charge in [0.15, 0.2) is 0 Å². The highest BCUT2D eigenvalue weighted by molar-refractivity contribution is 5.84. The van der Waals surface area contributed by atoms with Gasteiger partial charge in [0.25, 0.3) is 5.91 Å². The highest BCUT2D eigenvalue weighted by Crippen LogP contribution is 2.29. The lowest BCUT2D eigenvalue weighted by molar-refractivity contribution is -0.147. The number of halogens is 2. The molecule has 24 heavy (non-hydrogen) atoms. The molecule has 1 amide bonds. The molecule has 0 atom stereocenters. The van der Waals surface area contributed by atoms with Crippen LogP contribution in [0.2, 0.25) is 0 Å². The molecule has 1 heterocycles. The summed E-state index contributed by atoms with van der Waals surface area (Å²) in [5, 5.41) is 11.7. The number of ether oxygens (including phenoxy) is 1. The van der Waals surface area contributed by atoms with E-state index < -0.39 is 11.8 Å². The van der Waals surface area contributed by atoms with Gasteiger partial charge < -0.3 is 20.1 Å². The third-order valence-electron chi connectivity index (χ3n) is 4.23. The maximum Gasteiger partial charge on any atom is 0.349 e. The van der Waals surface area contributed by atoms with Crippen LogP contribution in [0.25, 0.3) is 0 Å². The number of likely N-dealkylation sites (tertiary alicyclic amines) is 1. The minimum absolute atomic E-state index is 0.198. The Hall–Kier alpha value is -1.73. The topological polar surface area (TPSA) is 61.8 Å². The third kappa shape index (κ3) is 4.88. The summed E-state index contributed by atoms with van der Waals surface area (Å²) in [4.78, 5) is 13.9. The lowest BCUT2D eigenvalue weighted by atomic mass is 10.1. The molecule has 0 bridgehead atoms. The summed E-state index contributed by atoms with van der Waals surface area (Å²) >= 11 is 0. The monoisotopic (exact) mass is 342 g/mol. The second kappa shape index (κ2) is 8.39. The van der Waals surface area contributed by atoms with Crippen molar-refractivity contribution in [3.05, 3.63) is 29.8 Å². The van der Waals surface area contributed by atoms with Crippen LogP contribution in [0.5, 0.6) is 5.75 Å². The summed E-state index contributed by atoms with van der Waals surface area (Å²) < 4.78 is 33.2. The summed E-state index contributed by atoms with van der Waals surface area (Å²) in [5.41, 5.74) is -0.356. The van der Waals surface area contributed by atoms with Gasteiger partial charge in [-0.1, -0.05) is 0 Å². The average molecular weight is 342 g/mol. The van der Waals surface area contributed by atoms with Gasteiger partial charge in [0.1, 0.15) is 5.75 Å². The van der Waals surface area contributed by atoms with Crippen LogP contribution in [0.3, 0.4) is 0 Å². The zero-order chi connectivity index (χ0) is 17.6. The van der Waals surface area contributed by atoms with Crippen molar-refractivity contribution < 1.29 is 23.4 Å².